The van der Waals surface area contributed by atoms with Crippen molar-refractivity contribution in [3.63, 3.8) is 0 Å². The number of nitrogens with zero attached hydrogens (tertiary/aromatic N) is 1. The zero-order chi connectivity index (χ0) is 13.7. The Bertz CT molecular complexity index is 340. The molecule has 0 amide bonds. The van der Waals surface area contributed by atoms with Crippen LogP contribution >= 0.6 is 24.0 Å². The Hall–Kier alpha value is -0.300. The Labute approximate surface area is 139 Å². The van der Waals surface area contributed by atoms with E-state index in [1.54, 1.807) is 0 Å². The first kappa shape index (κ1) is 17.8. The summed E-state index contributed by atoms with van der Waals surface area (Å²) in [7, 11) is 1.82. The van der Waals surface area contributed by atoms with Crippen LogP contribution in [0.15, 0.2) is 17.6 Å². The van der Waals surface area contributed by atoms with Crippen LogP contribution in [-0.2, 0) is 4.74 Å². The average molecular weight is 393 g/mol. The Kier molecular flexibility index (Phi) is 7.29. The fourth-order valence-corrected chi connectivity index (χ4v) is 3.62. The maximum atomic E-state index is 5.93. The zero-order valence-electron chi connectivity index (χ0n) is 12.7. The van der Waals surface area contributed by atoms with Crippen molar-refractivity contribution in [2.24, 2.45) is 10.4 Å². The van der Waals surface area contributed by atoms with Gasteiger partial charge in [0.1, 0.15) is 0 Å². The highest BCUT2D eigenvalue weighted by Crippen LogP contribution is 2.54. The molecule has 2 atom stereocenters. The van der Waals surface area contributed by atoms with E-state index >= 15 is 0 Å². The van der Waals surface area contributed by atoms with Gasteiger partial charge in [-0.25, -0.2) is 0 Å². The molecule has 0 aromatic carbocycles. The minimum Gasteiger partial charge on any atom is -0.378 e. The van der Waals surface area contributed by atoms with Crippen LogP contribution in [-0.4, -0.2) is 38.3 Å². The van der Waals surface area contributed by atoms with Crippen LogP contribution in [0.5, 0.6) is 0 Å². The van der Waals surface area contributed by atoms with Crippen molar-refractivity contribution in [1.29, 1.82) is 0 Å². The largest absolute Gasteiger partial charge is 0.378 e. The van der Waals surface area contributed by atoms with Crippen LogP contribution < -0.4 is 10.6 Å². The summed E-state index contributed by atoms with van der Waals surface area (Å²) in [5.41, 5.74) is 0.349. The van der Waals surface area contributed by atoms with E-state index in [-0.39, 0.29) is 24.0 Å². The summed E-state index contributed by atoms with van der Waals surface area (Å²) in [5, 5.41) is 6.82. The van der Waals surface area contributed by atoms with Gasteiger partial charge in [0.2, 0.25) is 0 Å². The monoisotopic (exact) mass is 393 g/mol. The molecule has 2 aliphatic carbocycles. The van der Waals surface area contributed by atoms with E-state index in [0.717, 1.165) is 25.5 Å². The van der Waals surface area contributed by atoms with E-state index in [1.807, 2.05) is 13.1 Å². The van der Waals surface area contributed by atoms with E-state index < -0.39 is 0 Å². The van der Waals surface area contributed by atoms with Gasteiger partial charge in [-0.3, -0.25) is 4.99 Å². The molecule has 2 aliphatic rings. The Morgan fingerprint density at radius 3 is 2.70 bits per heavy atom. The third-order valence-corrected chi connectivity index (χ3v) is 4.64. The van der Waals surface area contributed by atoms with Crippen LogP contribution in [0.25, 0.3) is 0 Å². The first-order valence-electron chi connectivity index (χ1n) is 7.46. The highest BCUT2D eigenvalue weighted by atomic mass is 127. The van der Waals surface area contributed by atoms with Crippen molar-refractivity contribution in [1.82, 2.24) is 10.6 Å². The van der Waals surface area contributed by atoms with Crippen molar-refractivity contribution in [3.05, 3.63) is 12.7 Å². The summed E-state index contributed by atoms with van der Waals surface area (Å²) in [4.78, 5) is 4.28. The second-order valence-corrected chi connectivity index (χ2v) is 5.56. The molecule has 0 heterocycles. The summed E-state index contributed by atoms with van der Waals surface area (Å²) < 4.78 is 5.93. The van der Waals surface area contributed by atoms with Crippen molar-refractivity contribution in [2.75, 3.05) is 20.2 Å². The molecule has 116 valence electrons. The zero-order valence-corrected chi connectivity index (χ0v) is 15.0. The van der Waals surface area contributed by atoms with Gasteiger partial charge in [-0.05, 0) is 26.2 Å². The molecule has 20 heavy (non-hydrogen) atoms. The van der Waals surface area contributed by atoms with Crippen molar-refractivity contribution >= 4 is 29.9 Å². The molecule has 1 spiro atoms. The Morgan fingerprint density at radius 2 is 2.15 bits per heavy atom. The van der Waals surface area contributed by atoms with Gasteiger partial charge in [0, 0.05) is 31.7 Å². The van der Waals surface area contributed by atoms with E-state index in [2.05, 4.69) is 29.1 Å². The lowest BCUT2D eigenvalue weighted by atomic mass is 9.60. The van der Waals surface area contributed by atoms with Gasteiger partial charge in [0.25, 0.3) is 0 Å². The molecule has 2 fully saturated rings. The molecule has 0 bridgehead atoms. The maximum absolute atomic E-state index is 5.93. The van der Waals surface area contributed by atoms with E-state index in [0.29, 0.717) is 17.6 Å². The van der Waals surface area contributed by atoms with Gasteiger partial charge in [-0.1, -0.05) is 18.9 Å². The highest BCUT2D eigenvalue weighted by Gasteiger charge is 2.56. The van der Waals surface area contributed by atoms with Crippen molar-refractivity contribution < 1.29 is 4.74 Å². The quantitative estimate of drug-likeness (QED) is 0.327. The number of guanidine groups is 1. The lowest BCUT2D eigenvalue weighted by molar-refractivity contribution is -0.125. The third kappa shape index (κ3) is 3.47. The van der Waals surface area contributed by atoms with Gasteiger partial charge in [-0.15, -0.1) is 30.6 Å². The standard InChI is InChI=1S/C15H27N3O.HI/c1-4-10-17-14(16-3)18-12-11-13(19-5-2)15(12)8-6-7-9-15;/h4,12-13H,1,5-11H2,2-3H3,(H2,16,17,18);1H. The molecular formula is C15H28IN3O. The fourth-order valence-electron chi connectivity index (χ4n) is 3.62. The summed E-state index contributed by atoms with van der Waals surface area (Å²) in [6.45, 7) is 7.38. The van der Waals surface area contributed by atoms with Crippen molar-refractivity contribution in [2.45, 2.75) is 51.2 Å². The number of nitrogens with one attached hydrogen (secondary N) is 2. The number of aliphatic imine (C=N–C) groups is 1. The molecule has 0 saturated heterocycles. The van der Waals surface area contributed by atoms with Gasteiger partial charge < -0.3 is 15.4 Å². The minimum atomic E-state index is 0. The Morgan fingerprint density at radius 1 is 1.45 bits per heavy atom. The molecule has 0 aromatic heterocycles. The third-order valence-electron chi connectivity index (χ3n) is 4.64. The number of ether oxygens (including phenoxy) is 1. The lowest BCUT2D eigenvalue weighted by Crippen LogP contribution is -2.65. The number of halogens is 1. The van der Waals surface area contributed by atoms with Crippen LogP contribution in [0, 0.1) is 5.41 Å². The number of rotatable bonds is 5. The van der Waals surface area contributed by atoms with Gasteiger partial charge in [0.15, 0.2) is 5.96 Å². The molecule has 0 radical (unpaired) electrons. The fraction of sp³-hybridized carbons (Fsp3) is 0.800. The van der Waals surface area contributed by atoms with Crippen LogP contribution in [0.3, 0.4) is 0 Å². The molecule has 2 unspecified atom stereocenters. The second kappa shape index (κ2) is 8.22. The van der Waals surface area contributed by atoms with Gasteiger partial charge in [0.05, 0.1) is 6.10 Å². The molecule has 0 aliphatic heterocycles. The SMILES string of the molecule is C=CCNC(=NC)NC1CC(OCC)C12CCCC2.I. The average Bonchev–Trinajstić information content (AvgIpc) is 2.93. The predicted octanol–water partition coefficient (Wildman–Crippen LogP) is 2.69. The van der Waals surface area contributed by atoms with Gasteiger partial charge in [-0.2, -0.15) is 0 Å². The van der Waals surface area contributed by atoms with Crippen LogP contribution in [0.1, 0.15) is 39.0 Å². The summed E-state index contributed by atoms with van der Waals surface area (Å²) in [5.74, 6) is 0.881. The molecule has 2 N–H and O–H groups in total. The topological polar surface area (TPSA) is 45.7 Å². The Balaban J connectivity index is 0.00000200. The molecule has 5 heteroatoms. The number of hydrogen-bond acceptors (Lipinski definition) is 2. The number of hydrogen-bond donors (Lipinski definition) is 2. The summed E-state index contributed by atoms with van der Waals surface area (Å²) in [6, 6.07) is 0.502. The maximum Gasteiger partial charge on any atom is 0.191 e. The smallest absolute Gasteiger partial charge is 0.191 e. The van der Waals surface area contributed by atoms with Gasteiger partial charge >= 0.3 is 0 Å². The van der Waals surface area contributed by atoms with Crippen molar-refractivity contribution in [3.8, 4) is 0 Å². The first-order chi connectivity index (χ1) is 9.26. The van der Waals surface area contributed by atoms with Crippen LogP contribution in [0.2, 0.25) is 0 Å². The second-order valence-electron chi connectivity index (χ2n) is 5.56. The van der Waals surface area contributed by atoms with E-state index in [1.165, 1.54) is 25.7 Å². The summed E-state index contributed by atoms with van der Waals surface area (Å²) >= 11 is 0. The van der Waals surface area contributed by atoms with E-state index in [4.69, 9.17) is 4.74 Å². The predicted molar refractivity (Wildman–Crippen MR) is 94.8 cm³/mol. The molecule has 0 aromatic rings. The summed E-state index contributed by atoms with van der Waals surface area (Å²) in [6.07, 6.45) is 8.63. The van der Waals surface area contributed by atoms with Crippen LogP contribution in [0.4, 0.5) is 0 Å². The lowest BCUT2D eigenvalue weighted by Gasteiger charge is -2.54. The van der Waals surface area contributed by atoms with E-state index in [9.17, 15) is 0 Å². The molecule has 2 rings (SSSR count). The molecule has 4 nitrogen and oxygen atoms in total. The normalized spacial score (nSPS) is 27.6. The minimum absolute atomic E-state index is 0. The molecular weight excluding hydrogens is 365 g/mol. The molecule has 2 saturated carbocycles. The first-order valence-corrected chi connectivity index (χ1v) is 7.46. The highest BCUT2D eigenvalue weighted by molar-refractivity contribution is 14.0.